The Balaban J connectivity index is 1.52. The van der Waals surface area contributed by atoms with Crippen LogP contribution >= 0.6 is 27.5 Å². The number of amides is 2. The normalized spacial score (nSPS) is 24.4. The third-order valence-corrected chi connectivity index (χ3v) is 7.73. The lowest BCUT2D eigenvalue weighted by Crippen LogP contribution is -2.49. The van der Waals surface area contributed by atoms with Crippen molar-refractivity contribution in [2.24, 2.45) is 11.8 Å². The average Bonchev–Trinajstić information content (AvgIpc) is 3.32. The summed E-state index contributed by atoms with van der Waals surface area (Å²) in [6.45, 7) is 0. The van der Waals surface area contributed by atoms with Crippen molar-refractivity contribution < 1.29 is 18.8 Å². The summed E-state index contributed by atoms with van der Waals surface area (Å²) in [5.41, 5.74) is 1.85. The van der Waals surface area contributed by atoms with Gasteiger partial charge in [0.1, 0.15) is 11.9 Å². The van der Waals surface area contributed by atoms with Crippen LogP contribution < -0.4 is 9.80 Å². The Bertz CT molecular complexity index is 1440. The molecule has 174 valence electrons. The smallest absolute Gasteiger partial charge is 0.240 e. The van der Waals surface area contributed by atoms with Crippen molar-refractivity contribution in [2.45, 2.75) is 12.1 Å². The van der Waals surface area contributed by atoms with Crippen molar-refractivity contribution in [3.8, 4) is 0 Å². The van der Waals surface area contributed by atoms with E-state index in [2.05, 4.69) is 15.9 Å². The number of rotatable bonds is 3. The second-order valence-electron chi connectivity index (χ2n) is 8.79. The Morgan fingerprint density at radius 2 is 1.63 bits per heavy atom. The van der Waals surface area contributed by atoms with Crippen LogP contribution in [0, 0.1) is 17.7 Å². The largest absolute Gasteiger partial charge is 0.352 e. The zero-order valence-electron chi connectivity index (χ0n) is 18.1. The number of anilines is 2. The molecule has 0 spiro atoms. The first-order valence-electron chi connectivity index (χ1n) is 11.0. The van der Waals surface area contributed by atoms with Gasteiger partial charge in [0.05, 0.1) is 23.6 Å². The van der Waals surface area contributed by atoms with Gasteiger partial charge in [-0.2, -0.15) is 0 Å². The van der Waals surface area contributed by atoms with Gasteiger partial charge in [0.15, 0.2) is 5.78 Å². The van der Waals surface area contributed by atoms with Gasteiger partial charge >= 0.3 is 0 Å². The molecule has 8 heteroatoms. The number of Topliss-reactive ketones (excluding diaryl/α,β-unsaturated/α-hetero) is 1. The second kappa shape index (κ2) is 8.14. The number of ketones is 1. The van der Waals surface area contributed by atoms with Gasteiger partial charge in [0, 0.05) is 20.7 Å². The van der Waals surface area contributed by atoms with Crippen LogP contribution in [0.5, 0.6) is 0 Å². The molecule has 6 rings (SSSR count). The van der Waals surface area contributed by atoms with Crippen LogP contribution in [-0.2, 0) is 9.59 Å². The fourth-order valence-electron chi connectivity index (χ4n) is 5.49. The van der Waals surface area contributed by atoms with Gasteiger partial charge in [-0.25, -0.2) is 9.29 Å². The molecule has 3 aromatic carbocycles. The number of imide groups is 1. The van der Waals surface area contributed by atoms with Crippen molar-refractivity contribution in [3.05, 3.63) is 99.2 Å². The maximum atomic E-state index is 14.6. The molecule has 2 amide bonds. The average molecular weight is 552 g/mol. The second-order valence-corrected chi connectivity index (χ2v) is 10.1. The van der Waals surface area contributed by atoms with Gasteiger partial charge in [-0.05, 0) is 42.0 Å². The number of benzene rings is 3. The van der Waals surface area contributed by atoms with E-state index in [4.69, 9.17) is 11.6 Å². The third-order valence-electron chi connectivity index (χ3n) is 6.96. The van der Waals surface area contributed by atoms with E-state index in [1.54, 1.807) is 42.5 Å². The van der Waals surface area contributed by atoms with E-state index >= 15 is 0 Å². The van der Waals surface area contributed by atoms with Gasteiger partial charge in [-0.15, -0.1) is 0 Å². The Labute approximate surface area is 213 Å². The molecule has 5 nitrogen and oxygen atoms in total. The highest BCUT2D eigenvalue weighted by Gasteiger charge is 2.64. The molecule has 0 bridgehead atoms. The van der Waals surface area contributed by atoms with Crippen LogP contribution in [0.15, 0.2) is 77.3 Å². The Morgan fingerprint density at radius 3 is 2.37 bits per heavy atom. The van der Waals surface area contributed by atoms with Gasteiger partial charge in [-0.1, -0.05) is 70.0 Å². The number of halogens is 3. The number of nitrogens with zero attached hydrogens (tertiary/aromatic N) is 2. The number of carbonyl (C=O) groups is 3. The molecular weight excluding hydrogens is 535 g/mol. The van der Waals surface area contributed by atoms with Crippen LogP contribution in [0.4, 0.5) is 15.8 Å². The molecule has 4 atom stereocenters. The number of carbonyl (C=O) groups excluding carboxylic acids is 3. The van der Waals surface area contributed by atoms with E-state index in [1.807, 2.05) is 23.1 Å². The van der Waals surface area contributed by atoms with Crippen molar-refractivity contribution >= 4 is 62.6 Å². The number of fused-ring (bicyclic) bond motifs is 5. The van der Waals surface area contributed by atoms with Gasteiger partial charge < -0.3 is 4.90 Å². The summed E-state index contributed by atoms with van der Waals surface area (Å²) < 4.78 is 15.5. The molecule has 2 saturated heterocycles. The third kappa shape index (κ3) is 3.29. The van der Waals surface area contributed by atoms with Crippen molar-refractivity contribution in [2.75, 3.05) is 9.80 Å². The summed E-state index contributed by atoms with van der Waals surface area (Å²) in [5.74, 6) is -3.85. The minimum Gasteiger partial charge on any atom is -0.352 e. The summed E-state index contributed by atoms with van der Waals surface area (Å²) in [4.78, 5) is 44.1. The SMILES string of the molecule is O=C(c1ccc(Br)cc1)[C@@H]1[C@@H]2C(=O)N(c3ccccc3F)C(=O)[C@@H]2[C@@H]2C=Cc3ccc(Cl)cc3N12. The fourth-order valence-corrected chi connectivity index (χ4v) is 5.92. The zero-order valence-corrected chi connectivity index (χ0v) is 20.4. The molecule has 0 unspecified atom stereocenters. The maximum absolute atomic E-state index is 14.6. The summed E-state index contributed by atoms with van der Waals surface area (Å²) in [5, 5.41) is 0.482. The predicted molar refractivity (Wildman–Crippen MR) is 135 cm³/mol. The first kappa shape index (κ1) is 22.2. The van der Waals surface area contributed by atoms with Gasteiger partial charge in [-0.3, -0.25) is 14.4 Å². The molecule has 3 heterocycles. The van der Waals surface area contributed by atoms with Crippen LogP contribution in [0.1, 0.15) is 15.9 Å². The van der Waals surface area contributed by atoms with E-state index in [1.165, 1.54) is 18.2 Å². The predicted octanol–water partition coefficient (Wildman–Crippen LogP) is 5.51. The first-order chi connectivity index (χ1) is 16.9. The molecule has 35 heavy (non-hydrogen) atoms. The lowest BCUT2D eigenvalue weighted by Gasteiger charge is -2.36. The van der Waals surface area contributed by atoms with Crippen molar-refractivity contribution in [1.82, 2.24) is 0 Å². The standard InChI is InChI=1S/C27H17BrClFN2O3/c28-16-9-5-15(6-10-16)25(33)24-23-22(20-12-8-14-7-11-17(29)13-21(14)31(20)24)26(34)32(27(23)35)19-4-2-1-3-18(19)30/h1-13,20,22-24H/t20-,22+,23+,24-/m0/s1. The molecule has 0 N–H and O–H groups in total. The minimum atomic E-state index is -0.974. The number of para-hydroxylation sites is 1. The van der Waals surface area contributed by atoms with Crippen LogP contribution in [0.25, 0.3) is 6.08 Å². The summed E-state index contributed by atoms with van der Waals surface area (Å²) >= 11 is 9.68. The highest BCUT2D eigenvalue weighted by Crippen LogP contribution is 2.50. The van der Waals surface area contributed by atoms with E-state index in [0.29, 0.717) is 16.3 Å². The van der Waals surface area contributed by atoms with Crippen LogP contribution in [0.2, 0.25) is 5.02 Å². The Hall–Kier alpha value is -3.29. The quantitative estimate of drug-likeness (QED) is 0.318. The van der Waals surface area contributed by atoms with Crippen LogP contribution in [-0.4, -0.2) is 29.7 Å². The molecule has 0 radical (unpaired) electrons. The highest BCUT2D eigenvalue weighted by molar-refractivity contribution is 9.10. The van der Waals surface area contributed by atoms with Gasteiger partial charge in [0.25, 0.3) is 0 Å². The van der Waals surface area contributed by atoms with Crippen molar-refractivity contribution in [1.29, 1.82) is 0 Å². The molecular formula is C27H17BrClFN2O3. The maximum Gasteiger partial charge on any atom is 0.240 e. The Morgan fingerprint density at radius 1 is 0.914 bits per heavy atom. The Kier molecular flexibility index (Phi) is 5.16. The fraction of sp³-hybridized carbons (Fsp3) is 0.148. The van der Waals surface area contributed by atoms with Gasteiger partial charge in [0.2, 0.25) is 11.8 Å². The van der Waals surface area contributed by atoms with E-state index in [-0.39, 0.29) is 11.5 Å². The van der Waals surface area contributed by atoms with Crippen molar-refractivity contribution in [3.63, 3.8) is 0 Å². The summed E-state index contributed by atoms with van der Waals surface area (Å²) in [6, 6.07) is 16.4. The van der Waals surface area contributed by atoms with E-state index in [0.717, 1.165) is 14.9 Å². The molecule has 3 aliphatic heterocycles. The van der Waals surface area contributed by atoms with Crippen LogP contribution in [0.3, 0.4) is 0 Å². The summed E-state index contributed by atoms with van der Waals surface area (Å²) in [6.07, 6.45) is 3.72. The first-order valence-corrected chi connectivity index (χ1v) is 12.2. The lowest BCUT2D eigenvalue weighted by molar-refractivity contribution is -0.122. The molecule has 3 aromatic rings. The minimum absolute atomic E-state index is 0.0958. The molecule has 0 aliphatic carbocycles. The van der Waals surface area contributed by atoms with E-state index in [9.17, 15) is 18.8 Å². The number of hydrogen-bond acceptors (Lipinski definition) is 4. The van der Waals surface area contributed by atoms with E-state index < -0.39 is 41.6 Å². The molecule has 3 aliphatic rings. The zero-order chi connectivity index (χ0) is 24.4. The highest BCUT2D eigenvalue weighted by atomic mass is 79.9. The summed E-state index contributed by atoms with van der Waals surface area (Å²) in [7, 11) is 0. The number of hydrogen-bond donors (Lipinski definition) is 0. The molecule has 0 aromatic heterocycles. The molecule has 2 fully saturated rings. The topological polar surface area (TPSA) is 57.7 Å². The lowest BCUT2D eigenvalue weighted by atomic mass is 9.86. The monoisotopic (exact) mass is 550 g/mol. The molecule has 0 saturated carbocycles.